The molecule has 8 nitrogen and oxygen atoms in total. The summed E-state index contributed by atoms with van der Waals surface area (Å²) in [6.45, 7) is 0.468. The number of para-hydroxylation sites is 2. The van der Waals surface area contributed by atoms with E-state index in [1.165, 1.54) is 0 Å². The number of benzene rings is 2. The van der Waals surface area contributed by atoms with Gasteiger partial charge in [0.25, 0.3) is 0 Å². The van der Waals surface area contributed by atoms with Crippen LogP contribution >= 0.6 is 11.6 Å². The molecule has 2 aromatic carbocycles. The van der Waals surface area contributed by atoms with Gasteiger partial charge in [0.15, 0.2) is 5.82 Å². The third-order valence-electron chi connectivity index (χ3n) is 4.06. The molecule has 0 saturated heterocycles. The predicted octanol–water partition coefficient (Wildman–Crippen LogP) is 4.17. The maximum absolute atomic E-state index is 6.06. The summed E-state index contributed by atoms with van der Waals surface area (Å²) in [6, 6.07) is 16.7. The van der Waals surface area contributed by atoms with E-state index in [-0.39, 0.29) is 5.82 Å². The molecule has 0 aliphatic carbocycles. The number of aromatic nitrogens is 1. The second kappa shape index (κ2) is 7.10. The molecule has 0 atom stereocenters. The number of nitrogen functional groups attached to an aromatic ring is 2. The van der Waals surface area contributed by atoms with E-state index in [0.29, 0.717) is 28.8 Å². The summed E-state index contributed by atoms with van der Waals surface area (Å²) in [6.07, 6.45) is 0. The van der Waals surface area contributed by atoms with Gasteiger partial charge in [-0.3, -0.25) is 5.01 Å². The molecule has 27 heavy (non-hydrogen) atoms. The minimum atomic E-state index is 0.225. The first-order chi connectivity index (χ1) is 13.1. The van der Waals surface area contributed by atoms with E-state index in [9.17, 15) is 0 Å². The summed E-state index contributed by atoms with van der Waals surface area (Å²) in [5.41, 5.74) is 22.1. The van der Waals surface area contributed by atoms with Crippen LogP contribution in [0.5, 0.6) is 0 Å². The van der Waals surface area contributed by atoms with Crippen molar-refractivity contribution in [1.82, 2.24) is 10.5 Å². The van der Waals surface area contributed by atoms with Crippen LogP contribution in [0.15, 0.2) is 64.8 Å². The van der Waals surface area contributed by atoms with E-state index in [1.807, 2.05) is 29.3 Å². The molecule has 0 saturated carbocycles. The average molecular weight is 381 g/mol. The van der Waals surface area contributed by atoms with E-state index in [4.69, 9.17) is 23.1 Å². The molecule has 0 fully saturated rings. The molecule has 3 aromatic rings. The van der Waals surface area contributed by atoms with Crippen molar-refractivity contribution in [2.45, 2.75) is 6.54 Å². The van der Waals surface area contributed by atoms with Gasteiger partial charge in [0.05, 0.1) is 23.6 Å². The molecule has 0 unspecified atom stereocenters. The minimum Gasteiger partial charge on any atom is -0.384 e. The van der Waals surface area contributed by atoms with Gasteiger partial charge in [-0.2, -0.15) is 5.11 Å². The Labute approximate surface area is 160 Å². The summed E-state index contributed by atoms with van der Waals surface area (Å²) in [5.74, 6) is 0.552. The zero-order valence-electron chi connectivity index (χ0n) is 14.2. The van der Waals surface area contributed by atoms with E-state index in [1.54, 1.807) is 30.3 Å². The van der Waals surface area contributed by atoms with Crippen LogP contribution in [0.3, 0.4) is 0 Å². The van der Waals surface area contributed by atoms with Gasteiger partial charge in [0, 0.05) is 10.6 Å². The molecular weight excluding hydrogens is 364 g/mol. The Kier molecular flexibility index (Phi) is 4.49. The number of anilines is 4. The molecule has 9 heteroatoms. The van der Waals surface area contributed by atoms with Gasteiger partial charge >= 0.3 is 0 Å². The highest BCUT2D eigenvalue weighted by Gasteiger charge is 2.20. The Morgan fingerprint density at radius 3 is 2.63 bits per heavy atom. The lowest BCUT2D eigenvalue weighted by molar-refractivity contribution is 0.725. The number of hydrogen-bond acceptors (Lipinski definition) is 8. The number of hydrazine groups is 2. The predicted molar refractivity (Wildman–Crippen MR) is 108 cm³/mol. The number of fused-ring (bicyclic) bond motifs is 1. The molecule has 6 N–H and O–H groups in total. The van der Waals surface area contributed by atoms with Crippen LogP contribution in [0.1, 0.15) is 5.56 Å². The lowest BCUT2D eigenvalue weighted by Crippen LogP contribution is -2.35. The Bertz CT molecular complexity index is 1000. The molecule has 1 aliphatic rings. The van der Waals surface area contributed by atoms with E-state index < -0.39 is 0 Å². The van der Waals surface area contributed by atoms with Gasteiger partial charge in [0.2, 0.25) is 0 Å². The van der Waals surface area contributed by atoms with Gasteiger partial charge in [-0.15, -0.1) is 10.6 Å². The monoisotopic (exact) mass is 380 g/mol. The standard InChI is InChI=1S/C18H17ClN8/c19-12-5-7-13(8-6-12)23-25-17-11(9-16(20)22-18(17)21)10-27-15-4-2-1-3-14(15)24-26-27/h1-9,24,26H,10H2,(H4,20,21,22). The Morgan fingerprint density at radius 2 is 1.81 bits per heavy atom. The van der Waals surface area contributed by atoms with Crippen LogP contribution in [0, 0.1) is 0 Å². The molecule has 2 heterocycles. The first kappa shape index (κ1) is 17.1. The van der Waals surface area contributed by atoms with Crippen molar-refractivity contribution in [3.8, 4) is 0 Å². The van der Waals surface area contributed by atoms with Crippen molar-refractivity contribution in [1.29, 1.82) is 0 Å². The van der Waals surface area contributed by atoms with Gasteiger partial charge in [0.1, 0.15) is 11.5 Å². The second-order valence-electron chi connectivity index (χ2n) is 5.96. The molecule has 1 aliphatic heterocycles. The fourth-order valence-electron chi connectivity index (χ4n) is 2.78. The van der Waals surface area contributed by atoms with Crippen LogP contribution in [-0.4, -0.2) is 4.98 Å². The van der Waals surface area contributed by atoms with E-state index >= 15 is 0 Å². The SMILES string of the molecule is Nc1cc(CN2NNc3ccccc32)c(N=Nc2ccc(Cl)cc2)c(N)n1. The molecule has 0 amide bonds. The Morgan fingerprint density at radius 1 is 1.04 bits per heavy atom. The fourth-order valence-corrected chi connectivity index (χ4v) is 2.91. The third-order valence-corrected chi connectivity index (χ3v) is 4.31. The van der Waals surface area contributed by atoms with Crippen molar-refractivity contribution in [3.05, 3.63) is 65.2 Å². The number of halogens is 1. The molecule has 0 bridgehead atoms. The highest BCUT2D eigenvalue weighted by molar-refractivity contribution is 6.30. The largest absolute Gasteiger partial charge is 0.384 e. The number of pyridine rings is 1. The summed E-state index contributed by atoms with van der Waals surface area (Å²) in [4.78, 5) is 4.11. The Balaban J connectivity index is 1.65. The number of nitrogens with zero attached hydrogens (tertiary/aromatic N) is 4. The van der Waals surface area contributed by atoms with Crippen molar-refractivity contribution in [2.24, 2.45) is 10.2 Å². The number of azo groups is 1. The maximum atomic E-state index is 6.06. The van der Waals surface area contributed by atoms with Crippen molar-refractivity contribution in [2.75, 3.05) is 21.9 Å². The minimum absolute atomic E-state index is 0.225. The quantitative estimate of drug-likeness (QED) is 0.505. The average Bonchev–Trinajstić information content (AvgIpc) is 3.05. The number of nitrogens with two attached hydrogens (primary N) is 2. The van der Waals surface area contributed by atoms with Crippen molar-refractivity contribution in [3.63, 3.8) is 0 Å². The van der Waals surface area contributed by atoms with Crippen LogP contribution < -0.4 is 27.4 Å². The van der Waals surface area contributed by atoms with E-state index in [0.717, 1.165) is 16.9 Å². The van der Waals surface area contributed by atoms with Crippen LogP contribution in [0.4, 0.5) is 34.4 Å². The second-order valence-corrected chi connectivity index (χ2v) is 6.39. The zero-order chi connectivity index (χ0) is 18.8. The lowest BCUT2D eigenvalue weighted by Gasteiger charge is -2.19. The zero-order valence-corrected chi connectivity index (χ0v) is 15.0. The molecule has 1 aromatic heterocycles. The summed E-state index contributed by atoms with van der Waals surface area (Å²) in [7, 11) is 0. The maximum Gasteiger partial charge on any atom is 0.154 e. The van der Waals surface area contributed by atoms with E-state index in [2.05, 4.69) is 26.2 Å². The Hall–Kier alpha value is -3.36. The van der Waals surface area contributed by atoms with Crippen LogP contribution in [-0.2, 0) is 6.54 Å². The van der Waals surface area contributed by atoms with Gasteiger partial charge < -0.3 is 16.9 Å². The lowest BCUT2D eigenvalue weighted by atomic mass is 10.2. The highest BCUT2D eigenvalue weighted by atomic mass is 35.5. The van der Waals surface area contributed by atoms with Crippen LogP contribution in [0.2, 0.25) is 5.02 Å². The number of nitrogens with one attached hydrogen (secondary N) is 2. The topological polar surface area (TPSA) is 117 Å². The molecule has 136 valence electrons. The summed E-state index contributed by atoms with van der Waals surface area (Å²) < 4.78 is 0. The smallest absolute Gasteiger partial charge is 0.154 e. The number of hydrogen-bond donors (Lipinski definition) is 4. The van der Waals surface area contributed by atoms with Gasteiger partial charge in [-0.25, -0.2) is 4.98 Å². The summed E-state index contributed by atoms with van der Waals surface area (Å²) in [5, 5.41) is 11.1. The summed E-state index contributed by atoms with van der Waals surface area (Å²) >= 11 is 5.90. The first-order valence-electron chi connectivity index (χ1n) is 8.20. The van der Waals surface area contributed by atoms with Crippen LogP contribution in [0.25, 0.3) is 0 Å². The van der Waals surface area contributed by atoms with Crippen molar-refractivity contribution >= 4 is 46.0 Å². The normalized spacial score (nSPS) is 13.0. The first-order valence-corrected chi connectivity index (χ1v) is 8.58. The van der Waals surface area contributed by atoms with Gasteiger partial charge in [-0.1, -0.05) is 23.7 Å². The highest BCUT2D eigenvalue weighted by Crippen LogP contribution is 2.34. The molecule has 0 spiro atoms. The number of rotatable bonds is 4. The van der Waals surface area contributed by atoms with Gasteiger partial charge in [-0.05, 0) is 42.5 Å². The molecule has 4 rings (SSSR count). The fraction of sp³-hybridized carbons (Fsp3) is 0.0556. The molecule has 0 radical (unpaired) electrons. The molecular formula is C18H17ClN8. The van der Waals surface area contributed by atoms with Crippen molar-refractivity contribution < 1.29 is 0 Å². The third kappa shape index (κ3) is 3.62.